The molecule has 112 valence electrons. The number of methoxy groups -OCH3 is 2. The van der Waals surface area contributed by atoms with Gasteiger partial charge in [0.1, 0.15) is 17.6 Å². The highest BCUT2D eigenvalue weighted by molar-refractivity contribution is 5.89. The maximum Gasteiger partial charge on any atom is 0.335 e. The molecule has 1 rings (SSSR count). The van der Waals surface area contributed by atoms with Crippen LogP contribution in [0.25, 0.3) is 0 Å². The van der Waals surface area contributed by atoms with Crippen LogP contribution in [0.5, 0.6) is 11.5 Å². The summed E-state index contributed by atoms with van der Waals surface area (Å²) in [6, 6.07) is 2.52. The van der Waals surface area contributed by atoms with Gasteiger partial charge >= 0.3 is 5.97 Å². The van der Waals surface area contributed by atoms with E-state index in [-0.39, 0.29) is 35.6 Å². The van der Waals surface area contributed by atoms with Crippen molar-refractivity contribution in [3.63, 3.8) is 0 Å². The van der Waals surface area contributed by atoms with Gasteiger partial charge in [-0.25, -0.2) is 4.79 Å². The Morgan fingerprint density at radius 3 is 2.10 bits per heavy atom. The Kier molecular flexibility index (Phi) is 5.75. The zero-order valence-electron chi connectivity index (χ0n) is 11.4. The Labute approximate surface area is 116 Å². The molecule has 2 unspecified atom stereocenters. The molecule has 0 saturated carbocycles. The minimum atomic E-state index is -1.29. The molecule has 0 saturated heterocycles. The minimum Gasteiger partial charge on any atom is -0.496 e. The van der Waals surface area contributed by atoms with Gasteiger partial charge in [-0.15, -0.1) is 0 Å². The molecule has 0 aliphatic rings. The molecule has 0 amide bonds. The first kappa shape index (κ1) is 16.2. The number of carbonyl (C=O) groups is 1. The van der Waals surface area contributed by atoms with Crippen LogP contribution in [-0.4, -0.2) is 48.2 Å². The maximum absolute atomic E-state index is 11.0. The third-order valence-corrected chi connectivity index (χ3v) is 2.91. The van der Waals surface area contributed by atoms with E-state index in [0.717, 1.165) is 0 Å². The molecule has 7 heteroatoms. The number of rotatable bonds is 7. The Bertz CT molecular complexity index is 451. The number of aliphatic hydroxyl groups excluding tert-OH is 2. The number of aliphatic hydroxyl groups is 2. The molecule has 0 heterocycles. The summed E-state index contributed by atoms with van der Waals surface area (Å²) in [5.41, 5.74) is 5.50. The van der Waals surface area contributed by atoms with Crippen molar-refractivity contribution in [1.82, 2.24) is 0 Å². The Hall–Kier alpha value is -1.83. The SMILES string of the molecule is COc1cc(C(=O)O)cc(OC)c1C(O)C(O)CCN. The van der Waals surface area contributed by atoms with Crippen molar-refractivity contribution in [2.24, 2.45) is 5.73 Å². The highest BCUT2D eigenvalue weighted by Gasteiger charge is 2.26. The molecule has 5 N–H and O–H groups in total. The average Bonchev–Trinajstić information content (AvgIpc) is 2.44. The standard InChI is InChI=1S/C13H19NO6/c1-19-9-5-7(13(17)18)6-10(20-2)11(9)12(16)8(15)3-4-14/h5-6,8,12,15-16H,3-4,14H2,1-2H3,(H,17,18). The molecule has 1 aromatic rings. The van der Waals surface area contributed by atoms with Gasteiger partial charge in [-0.2, -0.15) is 0 Å². The molecule has 2 atom stereocenters. The van der Waals surface area contributed by atoms with E-state index in [1.807, 2.05) is 0 Å². The van der Waals surface area contributed by atoms with E-state index >= 15 is 0 Å². The van der Waals surface area contributed by atoms with Crippen molar-refractivity contribution in [2.75, 3.05) is 20.8 Å². The number of aromatic carboxylic acids is 1. The molecular formula is C13H19NO6. The number of nitrogens with two attached hydrogens (primary N) is 1. The van der Waals surface area contributed by atoms with Gasteiger partial charge < -0.3 is 30.5 Å². The summed E-state index contributed by atoms with van der Waals surface area (Å²) in [6.07, 6.45) is -2.20. The number of hydrogen-bond acceptors (Lipinski definition) is 6. The first-order chi connectivity index (χ1) is 9.46. The van der Waals surface area contributed by atoms with E-state index in [2.05, 4.69) is 0 Å². The van der Waals surface area contributed by atoms with Crippen LogP contribution in [0.15, 0.2) is 12.1 Å². The molecule has 0 spiro atoms. The van der Waals surface area contributed by atoms with Gasteiger partial charge in [0.15, 0.2) is 0 Å². The van der Waals surface area contributed by atoms with Crippen molar-refractivity contribution in [3.8, 4) is 11.5 Å². The van der Waals surface area contributed by atoms with Crippen LogP contribution < -0.4 is 15.2 Å². The normalized spacial score (nSPS) is 13.7. The first-order valence-electron chi connectivity index (χ1n) is 6.01. The van der Waals surface area contributed by atoms with Crippen LogP contribution in [0.2, 0.25) is 0 Å². The molecule has 0 radical (unpaired) electrons. The Morgan fingerprint density at radius 1 is 1.25 bits per heavy atom. The molecule has 0 aliphatic carbocycles. The second-order valence-corrected chi connectivity index (χ2v) is 4.19. The average molecular weight is 285 g/mol. The van der Waals surface area contributed by atoms with E-state index < -0.39 is 18.2 Å². The van der Waals surface area contributed by atoms with Crippen molar-refractivity contribution < 1.29 is 29.6 Å². The van der Waals surface area contributed by atoms with Crippen molar-refractivity contribution in [1.29, 1.82) is 0 Å². The van der Waals surface area contributed by atoms with Gasteiger partial charge in [0.05, 0.1) is 31.5 Å². The topological polar surface area (TPSA) is 122 Å². The summed E-state index contributed by atoms with van der Waals surface area (Å²) in [5.74, 6) is -0.888. The van der Waals surface area contributed by atoms with E-state index in [4.69, 9.17) is 20.3 Å². The molecule has 1 aromatic carbocycles. The third-order valence-electron chi connectivity index (χ3n) is 2.91. The zero-order valence-corrected chi connectivity index (χ0v) is 11.4. The quantitative estimate of drug-likeness (QED) is 0.562. The number of benzene rings is 1. The maximum atomic E-state index is 11.0. The van der Waals surface area contributed by atoms with Gasteiger partial charge in [-0.3, -0.25) is 0 Å². The van der Waals surface area contributed by atoms with Gasteiger partial charge in [0.2, 0.25) is 0 Å². The Morgan fingerprint density at radius 2 is 1.75 bits per heavy atom. The Balaban J connectivity index is 3.32. The molecular weight excluding hydrogens is 266 g/mol. The number of carboxylic acid groups (broad SMARTS) is 1. The lowest BCUT2D eigenvalue weighted by molar-refractivity contribution is 0.0123. The summed E-state index contributed by atoms with van der Waals surface area (Å²) in [4.78, 5) is 11.0. The second-order valence-electron chi connectivity index (χ2n) is 4.19. The molecule has 0 bridgehead atoms. The van der Waals surface area contributed by atoms with Crippen LogP contribution in [0, 0.1) is 0 Å². The van der Waals surface area contributed by atoms with Crippen LogP contribution in [0.1, 0.15) is 28.4 Å². The largest absolute Gasteiger partial charge is 0.496 e. The lowest BCUT2D eigenvalue weighted by atomic mass is 9.98. The molecule has 0 fully saturated rings. The van der Waals surface area contributed by atoms with Crippen molar-refractivity contribution >= 4 is 5.97 Å². The first-order valence-corrected chi connectivity index (χ1v) is 6.01. The van der Waals surface area contributed by atoms with Crippen LogP contribution in [0.3, 0.4) is 0 Å². The third kappa shape index (κ3) is 3.38. The summed E-state index contributed by atoms with van der Waals surface area (Å²) in [6.45, 7) is 0.204. The highest BCUT2D eigenvalue weighted by Crippen LogP contribution is 2.37. The summed E-state index contributed by atoms with van der Waals surface area (Å²) >= 11 is 0. The van der Waals surface area contributed by atoms with Gasteiger partial charge in [0.25, 0.3) is 0 Å². The second kappa shape index (κ2) is 7.09. The number of ether oxygens (including phenoxy) is 2. The van der Waals surface area contributed by atoms with Crippen LogP contribution in [0.4, 0.5) is 0 Å². The van der Waals surface area contributed by atoms with E-state index in [9.17, 15) is 15.0 Å². The molecule has 0 aliphatic heterocycles. The summed E-state index contributed by atoms with van der Waals surface area (Å²) < 4.78 is 10.2. The zero-order chi connectivity index (χ0) is 15.3. The predicted molar refractivity (Wildman–Crippen MR) is 71.1 cm³/mol. The monoisotopic (exact) mass is 285 g/mol. The van der Waals surface area contributed by atoms with Gasteiger partial charge in [-0.05, 0) is 25.1 Å². The fourth-order valence-electron chi connectivity index (χ4n) is 1.87. The number of hydrogen-bond donors (Lipinski definition) is 4. The van der Waals surface area contributed by atoms with Gasteiger partial charge in [-0.1, -0.05) is 0 Å². The van der Waals surface area contributed by atoms with Gasteiger partial charge in [0, 0.05) is 0 Å². The van der Waals surface area contributed by atoms with Crippen molar-refractivity contribution in [3.05, 3.63) is 23.3 Å². The van der Waals surface area contributed by atoms with Crippen LogP contribution in [-0.2, 0) is 0 Å². The van der Waals surface area contributed by atoms with Crippen LogP contribution >= 0.6 is 0 Å². The number of carboxylic acids is 1. The molecule has 7 nitrogen and oxygen atoms in total. The predicted octanol–water partition coefficient (Wildman–Crippen LogP) is 0.145. The smallest absolute Gasteiger partial charge is 0.335 e. The minimum absolute atomic E-state index is 0.0389. The summed E-state index contributed by atoms with van der Waals surface area (Å²) in [5, 5.41) is 29.0. The molecule has 20 heavy (non-hydrogen) atoms. The highest BCUT2D eigenvalue weighted by atomic mass is 16.5. The fraction of sp³-hybridized carbons (Fsp3) is 0.462. The molecule has 0 aromatic heterocycles. The lowest BCUT2D eigenvalue weighted by Crippen LogP contribution is -2.23. The fourth-order valence-corrected chi connectivity index (χ4v) is 1.87. The van der Waals surface area contributed by atoms with E-state index in [1.54, 1.807) is 0 Å². The summed E-state index contributed by atoms with van der Waals surface area (Å²) in [7, 11) is 2.68. The lowest BCUT2D eigenvalue weighted by Gasteiger charge is -2.22. The van der Waals surface area contributed by atoms with E-state index in [1.165, 1.54) is 26.4 Å². The van der Waals surface area contributed by atoms with E-state index in [0.29, 0.717) is 0 Å². The van der Waals surface area contributed by atoms with Crippen molar-refractivity contribution in [2.45, 2.75) is 18.6 Å².